The van der Waals surface area contributed by atoms with Crippen LogP contribution in [0, 0.1) is 13.8 Å². The summed E-state index contributed by atoms with van der Waals surface area (Å²) in [6, 6.07) is 7.67. The Balaban J connectivity index is 1.79. The first kappa shape index (κ1) is 17.5. The van der Waals surface area contributed by atoms with Crippen molar-refractivity contribution >= 4 is 18.2 Å². The number of carbonyl (C=O) groups is 1. The summed E-state index contributed by atoms with van der Waals surface area (Å²) in [6.45, 7) is 3.88. The van der Waals surface area contributed by atoms with Gasteiger partial charge in [-0.3, -0.25) is 9.89 Å². The normalized spacial score (nSPS) is 11.3. The first-order chi connectivity index (χ1) is 11.6. The molecule has 0 aliphatic rings. The van der Waals surface area contributed by atoms with Crippen molar-refractivity contribution in [3.63, 3.8) is 0 Å². The molecular weight excluding hydrogens is 304 g/mol. The van der Waals surface area contributed by atoms with Gasteiger partial charge in [-0.05, 0) is 44.1 Å². The molecule has 126 valence electrons. The quantitative estimate of drug-likeness (QED) is 0.606. The van der Waals surface area contributed by atoms with Gasteiger partial charge in [0.15, 0.2) is 0 Å². The summed E-state index contributed by atoms with van der Waals surface area (Å²) >= 11 is 0. The van der Waals surface area contributed by atoms with Crippen LogP contribution in [0.4, 0.5) is 0 Å². The molecule has 0 aliphatic heterocycles. The number of hydrogen-bond acceptors (Lipinski definition) is 4. The van der Waals surface area contributed by atoms with Gasteiger partial charge in [0.05, 0.1) is 12.8 Å². The van der Waals surface area contributed by atoms with Gasteiger partial charge in [-0.2, -0.15) is 10.2 Å². The number of ether oxygens (including phenoxy) is 1. The van der Waals surface area contributed by atoms with Crippen molar-refractivity contribution < 1.29 is 9.53 Å². The summed E-state index contributed by atoms with van der Waals surface area (Å²) < 4.78 is 5.25. The van der Waals surface area contributed by atoms with Crippen LogP contribution < -0.4 is 10.2 Å². The highest BCUT2D eigenvalue weighted by atomic mass is 16.5. The number of aromatic nitrogens is 2. The van der Waals surface area contributed by atoms with E-state index >= 15 is 0 Å². The molecule has 6 nitrogen and oxygen atoms in total. The predicted octanol–water partition coefficient (Wildman–Crippen LogP) is 2.78. The predicted molar refractivity (Wildman–Crippen MR) is 95.0 cm³/mol. The molecule has 0 spiro atoms. The maximum atomic E-state index is 11.8. The molecule has 24 heavy (non-hydrogen) atoms. The molecular formula is C18H22N4O2. The number of hydrogen-bond donors (Lipinski definition) is 2. The van der Waals surface area contributed by atoms with E-state index in [1.165, 1.54) is 0 Å². The number of methoxy groups -OCH3 is 1. The highest BCUT2D eigenvalue weighted by Gasteiger charge is 2.08. The molecule has 0 aliphatic carbocycles. The zero-order valence-electron chi connectivity index (χ0n) is 14.2. The van der Waals surface area contributed by atoms with Gasteiger partial charge in [-0.15, -0.1) is 0 Å². The minimum absolute atomic E-state index is 0.128. The fourth-order valence-electron chi connectivity index (χ4n) is 2.34. The molecule has 2 N–H and O–H groups in total. The van der Waals surface area contributed by atoms with Crippen LogP contribution >= 0.6 is 0 Å². The van der Waals surface area contributed by atoms with Gasteiger partial charge in [0.2, 0.25) is 5.91 Å². The van der Waals surface area contributed by atoms with Crippen molar-refractivity contribution in [2.45, 2.75) is 26.7 Å². The van der Waals surface area contributed by atoms with Gasteiger partial charge >= 0.3 is 0 Å². The standard InChI is InChI=1S/C18H22N4O2/c1-13-16(14(2)21-20-13)10-11-18(23)22-19-12-6-8-15-7-4-5-9-17(15)24-3/h4-9,12H,10-11H2,1-3H3,(H,20,21)(H,22,23). The lowest BCUT2D eigenvalue weighted by Crippen LogP contribution is -2.17. The number of rotatable bonds is 7. The van der Waals surface area contributed by atoms with E-state index in [9.17, 15) is 4.79 Å². The smallest absolute Gasteiger partial charge is 0.240 e. The summed E-state index contributed by atoms with van der Waals surface area (Å²) in [5.41, 5.74) is 6.49. The SMILES string of the molecule is COc1ccccc1C=CC=NNC(=O)CCc1c(C)n[nH]c1C. The minimum Gasteiger partial charge on any atom is -0.496 e. The van der Waals surface area contributed by atoms with Gasteiger partial charge in [-0.1, -0.05) is 18.2 Å². The van der Waals surface area contributed by atoms with Gasteiger partial charge in [0, 0.05) is 23.9 Å². The van der Waals surface area contributed by atoms with Crippen molar-refractivity contribution in [2.75, 3.05) is 7.11 Å². The van der Waals surface area contributed by atoms with Crippen LogP contribution in [0.15, 0.2) is 35.4 Å². The number of amides is 1. The number of nitrogens with one attached hydrogen (secondary N) is 2. The Morgan fingerprint density at radius 3 is 2.88 bits per heavy atom. The number of H-pyrrole nitrogens is 1. The summed E-state index contributed by atoms with van der Waals surface area (Å²) in [4.78, 5) is 11.8. The van der Waals surface area contributed by atoms with Crippen molar-refractivity contribution in [1.29, 1.82) is 0 Å². The monoisotopic (exact) mass is 326 g/mol. The first-order valence-electron chi connectivity index (χ1n) is 7.74. The Hall–Kier alpha value is -2.89. The van der Waals surface area contributed by atoms with E-state index < -0.39 is 0 Å². The molecule has 0 atom stereocenters. The zero-order valence-corrected chi connectivity index (χ0v) is 14.2. The van der Waals surface area contributed by atoms with E-state index in [4.69, 9.17) is 4.74 Å². The van der Waals surface area contributed by atoms with E-state index in [-0.39, 0.29) is 5.91 Å². The number of benzene rings is 1. The lowest BCUT2D eigenvalue weighted by molar-refractivity contribution is -0.121. The lowest BCUT2D eigenvalue weighted by Gasteiger charge is -2.02. The van der Waals surface area contributed by atoms with Crippen LogP contribution in [0.1, 0.15) is 28.9 Å². The molecule has 0 bridgehead atoms. The Morgan fingerprint density at radius 2 is 2.17 bits per heavy atom. The van der Waals surface area contributed by atoms with Crippen LogP contribution in [-0.4, -0.2) is 29.4 Å². The number of aryl methyl sites for hydroxylation is 2. The van der Waals surface area contributed by atoms with E-state index in [1.54, 1.807) is 19.4 Å². The molecule has 0 radical (unpaired) electrons. The Bertz CT molecular complexity index is 728. The molecule has 1 aromatic carbocycles. The lowest BCUT2D eigenvalue weighted by atomic mass is 10.1. The average molecular weight is 326 g/mol. The van der Waals surface area contributed by atoms with Crippen LogP contribution in [-0.2, 0) is 11.2 Å². The summed E-state index contributed by atoms with van der Waals surface area (Å²) in [5.74, 6) is 0.661. The van der Waals surface area contributed by atoms with E-state index in [0.29, 0.717) is 12.8 Å². The summed E-state index contributed by atoms with van der Waals surface area (Å²) in [5, 5.41) is 10.9. The average Bonchev–Trinajstić information content (AvgIpc) is 2.91. The van der Waals surface area contributed by atoms with E-state index in [1.807, 2.05) is 44.2 Å². The van der Waals surface area contributed by atoms with Crippen LogP contribution in [0.5, 0.6) is 5.75 Å². The number of hydrazone groups is 1. The van der Waals surface area contributed by atoms with Crippen molar-refractivity contribution in [2.24, 2.45) is 5.10 Å². The van der Waals surface area contributed by atoms with E-state index in [2.05, 4.69) is 20.7 Å². The van der Waals surface area contributed by atoms with Gasteiger partial charge < -0.3 is 4.74 Å². The Kier molecular flexibility index (Phi) is 6.31. The third-order valence-corrected chi connectivity index (χ3v) is 3.65. The van der Waals surface area contributed by atoms with Crippen molar-refractivity contribution in [3.05, 3.63) is 52.9 Å². The molecule has 0 saturated carbocycles. The Labute approximate surface area is 141 Å². The van der Waals surface area contributed by atoms with Gasteiger partial charge in [-0.25, -0.2) is 5.43 Å². The number of para-hydroxylation sites is 1. The fourth-order valence-corrected chi connectivity index (χ4v) is 2.34. The maximum Gasteiger partial charge on any atom is 0.240 e. The van der Waals surface area contributed by atoms with Crippen LogP contribution in [0.2, 0.25) is 0 Å². The van der Waals surface area contributed by atoms with Crippen LogP contribution in [0.3, 0.4) is 0 Å². The third-order valence-electron chi connectivity index (χ3n) is 3.65. The maximum absolute atomic E-state index is 11.8. The number of carbonyl (C=O) groups excluding carboxylic acids is 1. The minimum atomic E-state index is -0.128. The van der Waals surface area contributed by atoms with Gasteiger partial charge in [0.1, 0.15) is 5.75 Å². The van der Waals surface area contributed by atoms with Crippen molar-refractivity contribution in [3.8, 4) is 5.75 Å². The fraction of sp³-hybridized carbons (Fsp3) is 0.278. The molecule has 0 fully saturated rings. The number of aromatic amines is 1. The largest absolute Gasteiger partial charge is 0.496 e. The van der Waals surface area contributed by atoms with E-state index in [0.717, 1.165) is 28.3 Å². The zero-order chi connectivity index (χ0) is 17.4. The second kappa shape index (κ2) is 8.67. The molecule has 2 aromatic rings. The second-order valence-corrected chi connectivity index (χ2v) is 5.33. The molecule has 1 amide bonds. The third kappa shape index (κ3) is 4.81. The molecule has 1 aromatic heterocycles. The molecule has 2 rings (SSSR count). The van der Waals surface area contributed by atoms with Crippen molar-refractivity contribution in [1.82, 2.24) is 15.6 Å². The number of nitrogens with zero attached hydrogens (tertiary/aromatic N) is 2. The molecule has 0 unspecified atom stereocenters. The molecule has 1 heterocycles. The van der Waals surface area contributed by atoms with Crippen LogP contribution in [0.25, 0.3) is 6.08 Å². The molecule has 6 heteroatoms. The highest BCUT2D eigenvalue weighted by Crippen LogP contribution is 2.18. The summed E-state index contributed by atoms with van der Waals surface area (Å²) in [6.07, 6.45) is 6.18. The molecule has 0 saturated heterocycles. The summed E-state index contributed by atoms with van der Waals surface area (Å²) in [7, 11) is 1.63. The second-order valence-electron chi connectivity index (χ2n) is 5.33. The first-order valence-corrected chi connectivity index (χ1v) is 7.74. The topological polar surface area (TPSA) is 79.4 Å². The van der Waals surface area contributed by atoms with Gasteiger partial charge in [0.25, 0.3) is 0 Å². The number of allylic oxidation sites excluding steroid dienone is 1. The highest BCUT2D eigenvalue weighted by molar-refractivity contribution is 5.82. The Morgan fingerprint density at radius 1 is 1.38 bits per heavy atom.